The van der Waals surface area contributed by atoms with Gasteiger partial charge in [0.05, 0.1) is 13.0 Å². The second-order valence-electron chi connectivity index (χ2n) is 10.2. The molecular formula is C24H24F3N9O8S3. The van der Waals surface area contributed by atoms with Gasteiger partial charge in [0.15, 0.2) is 10.8 Å². The van der Waals surface area contributed by atoms with E-state index in [-0.39, 0.29) is 47.1 Å². The molecule has 4 heterocycles. The molecule has 1 aliphatic carbocycles. The van der Waals surface area contributed by atoms with Crippen LogP contribution in [0.15, 0.2) is 27.0 Å². The number of anilines is 1. The smallest absolute Gasteiger partial charge is 0.471 e. The van der Waals surface area contributed by atoms with Crippen molar-refractivity contribution in [3.8, 4) is 0 Å². The number of carbonyl (C=O) groups is 5. The van der Waals surface area contributed by atoms with Crippen molar-refractivity contribution in [1.29, 1.82) is 0 Å². The number of thioether (sulfide) groups is 2. The van der Waals surface area contributed by atoms with Crippen LogP contribution in [0.1, 0.15) is 37.8 Å². The van der Waals surface area contributed by atoms with Crippen LogP contribution in [0.4, 0.5) is 18.3 Å². The Morgan fingerprint density at radius 2 is 1.94 bits per heavy atom. The highest BCUT2D eigenvalue weighted by atomic mass is 32.2. The average molecular weight is 720 g/mol. The number of carboxylic acids is 2. The maximum Gasteiger partial charge on any atom is 0.471 e. The topological polar surface area (TPSA) is 231 Å². The van der Waals surface area contributed by atoms with Crippen LogP contribution in [0.2, 0.25) is 0 Å². The minimum Gasteiger partial charge on any atom is -0.481 e. The normalized spacial score (nSPS) is 20.1. The number of tetrazole rings is 1. The van der Waals surface area contributed by atoms with E-state index in [9.17, 15) is 42.3 Å². The molecule has 3 amide bonds. The van der Waals surface area contributed by atoms with Crippen molar-refractivity contribution in [1.82, 2.24) is 35.4 Å². The number of aryl methyl sites for hydroxylation is 1. The zero-order chi connectivity index (χ0) is 33.9. The third-order valence-corrected chi connectivity index (χ3v) is 10.1. The van der Waals surface area contributed by atoms with Crippen LogP contribution < -0.4 is 10.6 Å². The number of aromatic nitrogens is 5. The standard InChI is InChI=1S/C24H24F3N9O8S3/c25-24(26,27)21(43)30-22-28-12(9-46-22)14(32-44-11-3-1-2-4-11)17(39)29-15-18(40)36-16(20(41)42)10(7-45-19(15)36)8-47-23-31-33-34-35(23)6-5-13(37)38/h9,11,15,19H,1-8H2,(H,29,39)(H,37,38)(H,41,42)(H,28,30,43)/t15?,19-/m1/s1. The summed E-state index contributed by atoms with van der Waals surface area (Å²) < 4.78 is 39.4. The largest absolute Gasteiger partial charge is 0.481 e. The molecule has 1 unspecified atom stereocenters. The Bertz CT molecular complexity index is 1640. The van der Waals surface area contributed by atoms with Crippen molar-refractivity contribution in [2.45, 2.75) is 67.5 Å². The summed E-state index contributed by atoms with van der Waals surface area (Å²) in [6.07, 6.45) is -2.62. The molecule has 2 aromatic rings. The Morgan fingerprint density at radius 3 is 2.62 bits per heavy atom. The van der Waals surface area contributed by atoms with Crippen LogP contribution in [0.25, 0.3) is 0 Å². The average Bonchev–Trinajstić information content (AvgIpc) is 3.80. The lowest BCUT2D eigenvalue weighted by atomic mass is 10.0. The van der Waals surface area contributed by atoms with E-state index in [1.807, 2.05) is 0 Å². The molecule has 2 aliphatic heterocycles. The number of halogens is 3. The van der Waals surface area contributed by atoms with E-state index in [0.29, 0.717) is 29.8 Å². The van der Waals surface area contributed by atoms with Gasteiger partial charge in [-0.2, -0.15) is 13.2 Å². The maximum absolute atomic E-state index is 13.4. The molecule has 0 bridgehead atoms. The van der Waals surface area contributed by atoms with E-state index in [0.717, 1.165) is 29.5 Å². The van der Waals surface area contributed by atoms with Gasteiger partial charge in [-0.05, 0) is 41.7 Å². The van der Waals surface area contributed by atoms with Crippen LogP contribution in [-0.4, -0.2) is 111 Å². The van der Waals surface area contributed by atoms with Gasteiger partial charge in [-0.15, -0.1) is 28.2 Å². The zero-order valence-corrected chi connectivity index (χ0v) is 26.2. The lowest BCUT2D eigenvalue weighted by Gasteiger charge is -2.49. The van der Waals surface area contributed by atoms with Gasteiger partial charge < -0.3 is 20.4 Å². The summed E-state index contributed by atoms with van der Waals surface area (Å²) in [5, 5.41) is 38.2. The summed E-state index contributed by atoms with van der Waals surface area (Å²) in [6.45, 7) is -0.000286. The molecule has 2 aromatic heterocycles. The van der Waals surface area contributed by atoms with Crippen molar-refractivity contribution in [3.05, 3.63) is 22.3 Å². The third kappa shape index (κ3) is 7.84. The number of amides is 3. The second-order valence-corrected chi connectivity index (χ2v) is 13.1. The highest BCUT2D eigenvalue weighted by Gasteiger charge is 2.54. The summed E-state index contributed by atoms with van der Waals surface area (Å²) in [6, 6.07) is -1.18. The predicted octanol–water partition coefficient (Wildman–Crippen LogP) is 1.30. The molecule has 47 heavy (non-hydrogen) atoms. The number of rotatable bonds is 13. The van der Waals surface area contributed by atoms with Crippen LogP contribution in [0.3, 0.4) is 0 Å². The van der Waals surface area contributed by atoms with E-state index in [1.165, 1.54) is 21.8 Å². The molecule has 23 heteroatoms. The predicted molar refractivity (Wildman–Crippen MR) is 157 cm³/mol. The Labute approximate surface area is 274 Å². The number of hydrogen-bond acceptors (Lipinski definition) is 14. The van der Waals surface area contributed by atoms with E-state index >= 15 is 0 Å². The van der Waals surface area contributed by atoms with E-state index in [4.69, 9.17) is 9.94 Å². The molecule has 0 spiro atoms. The Balaban J connectivity index is 1.29. The molecule has 1 saturated carbocycles. The first kappa shape index (κ1) is 34.1. The summed E-state index contributed by atoms with van der Waals surface area (Å²) >= 11 is 2.87. The number of fused-ring (bicyclic) bond motifs is 1. The summed E-state index contributed by atoms with van der Waals surface area (Å²) in [4.78, 5) is 71.6. The van der Waals surface area contributed by atoms with Crippen LogP contribution >= 0.6 is 34.9 Å². The molecule has 0 radical (unpaired) electrons. The number of β-lactam (4-membered cyclic amide) rings is 1. The summed E-state index contributed by atoms with van der Waals surface area (Å²) in [7, 11) is 0. The fraction of sp³-hybridized carbons (Fsp3) is 0.500. The van der Waals surface area contributed by atoms with Crippen LogP contribution in [0.5, 0.6) is 0 Å². The number of aliphatic carboxylic acids is 2. The van der Waals surface area contributed by atoms with Crippen LogP contribution in [-0.2, 0) is 35.4 Å². The lowest BCUT2D eigenvalue weighted by molar-refractivity contribution is -0.167. The summed E-state index contributed by atoms with van der Waals surface area (Å²) in [5.74, 6) is -6.13. The van der Waals surface area contributed by atoms with Gasteiger partial charge in [0.2, 0.25) is 5.16 Å². The van der Waals surface area contributed by atoms with Gasteiger partial charge in [0.1, 0.15) is 28.9 Å². The van der Waals surface area contributed by atoms with Crippen molar-refractivity contribution in [2.24, 2.45) is 5.16 Å². The van der Waals surface area contributed by atoms with Crippen LogP contribution in [0, 0.1) is 0 Å². The van der Waals surface area contributed by atoms with Gasteiger partial charge in [0, 0.05) is 16.9 Å². The number of nitrogens with one attached hydrogen (secondary N) is 2. The quantitative estimate of drug-likeness (QED) is 0.0990. The molecule has 252 valence electrons. The third-order valence-electron chi connectivity index (χ3n) is 6.98. The van der Waals surface area contributed by atoms with Gasteiger partial charge in [0.25, 0.3) is 11.8 Å². The monoisotopic (exact) mass is 719 g/mol. The van der Waals surface area contributed by atoms with Crippen molar-refractivity contribution in [3.63, 3.8) is 0 Å². The van der Waals surface area contributed by atoms with Crippen molar-refractivity contribution < 1.29 is 52.2 Å². The Morgan fingerprint density at radius 1 is 1.19 bits per heavy atom. The fourth-order valence-electron chi connectivity index (χ4n) is 4.73. The van der Waals surface area contributed by atoms with Gasteiger partial charge >= 0.3 is 24.0 Å². The first-order valence-electron chi connectivity index (χ1n) is 13.7. The number of nitrogens with zero attached hydrogens (tertiary/aromatic N) is 7. The second kappa shape index (κ2) is 14.3. The Hall–Kier alpha value is -4.25. The van der Waals surface area contributed by atoms with Gasteiger partial charge in [-0.1, -0.05) is 16.9 Å². The van der Waals surface area contributed by atoms with Gasteiger partial charge in [-0.25, -0.2) is 14.5 Å². The number of alkyl halides is 3. The van der Waals surface area contributed by atoms with E-state index in [1.54, 1.807) is 5.32 Å². The molecule has 3 aliphatic rings. The number of carbonyl (C=O) groups excluding carboxylic acids is 3. The zero-order valence-electron chi connectivity index (χ0n) is 23.8. The lowest BCUT2D eigenvalue weighted by Crippen LogP contribution is -2.71. The molecule has 0 aromatic carbocycles. The first-order chi connectivity index (χ1) is 22.3. The minimum atomic E-state index is -5.17. The summed E-state index contributed by atoms with van der Waals surface area (Å²) in [5.41, 5.74) is -0.555. The van der Waals surface area contributed by atoms with E-state index in [2.05, 4.69) is 31.0 Å². The number of carboxylic acid groups (broad SMARTS) is 2. The first-order valence-corrected chi connectivity index (χ1v) is 16.6. The molecule has 2 fully saturated rings. The molecule has 4 N–H and O–H groups in total. The SMILES string of the molecule is O=C(O)CCn1nnnc1SCC1=C(C(=O)O)N2C(=O)C(NC(=O)C(=NOC3CCCC3)c3csc(NC(=O)C(F)(F)F)n3)[C@H]2SC1. The molecule has 2 atom stereocenters. The molecule has 17 nitrogen and oxygen atoms in total. The fourth-order valence-corrected chi connectivity index (χ4v) is 7.81. The molecule has 5 rings (SSSR count). The molecular weight excluding hydrogens is 696 g/mol. The highest BCUT2D eigenvalue weighted by molar-refractivity contribution is 8.01. The number of thiazole rings is 1. The van der Waals surface area contributed by atoms with Crippen molar-refractivity contribution in [2.75, 3.05) is 16.8 Å². The Kier molecular flexibility index (Phi) is 10.3. The van der Waals surface area contributed by atoms with Crippen molar-refractivity contribution >= 4 is 75.4 Å². The highest BCUT2D eigenvalue weighted by Crippen LogP contribution is 2.41. The molecule has 1 saturated heterocycles. The number of oxime groups is 1. The number of hydrogen-bond donors (Lipinski definition) is 4. The van der Waals surface area contributed by atoms with Gasteiger partial charge in [-0.3, -0.25) is 29.4 Å². The minimum absolute atomic E-state index is 0.000286. The van der Waals surface area contributed by atoms with E-state index < -0.39 is 58.1 Å². The maximum atomic E-state index is 13.4.